The lowest BCUT2D eigenvalue weighted by atomic mass is 10.2. The summed E-state index contributed by atoms with van der Waals surface area (Å²) in [6.45, 7) is 0.888. The van der Waals surface area contributed by atoms with Gasteiger partial charge in [0.25, 0.3) is 0 Å². The molecule has 9 heteroatoms. The van der Waals surface area contributed by atoms with E-state index in [0.29, 0.717) is 30.2 Å². The smallest absolute Gasteiger partial charge is 0.335 e. The van der Waals surface area contributed by atoms with Crippen LogP contribution in [0.3, 0.4) is 0 Å². The number of sulfonamides is 1. The number of hydrogen-bond donors (Lipinski definition) is 1. The van der Waals surface area contributed by atoms with Gasteiger partial charge in [-0.2, -0.15) is 9.40 Å². The lowest BCUT2D eigenvalue weighted by Crippen LogP contribution is -2.28. The first-order chi connectivity index (χ1) is 12.9. The second-order valence-corrected chi connectivity index (χ2v) is 8.19. The number of aromatic carboxylic acids is 1. The lowest BCUT2D eigenvalue weighted by molar-refractivity contribution is 0.0696. The Hall–Kier alpha value is -2.91. The molecule has 0 spiro atoms. The van der Waals surface area contributed by atoms with Gasteiger partial charge in [0.15, 0.2) is 5.76 Å². The van der Waals surface area contributed by atoms with Crippen molar-refractivity contribution in [3.05, 3.63) is 54.4 Å². The van der Waals surface area contributed by atoms with Crippen molar-refractivity contribution in [3.63, 3.8) is 0 Å². The van der Waals surface area contributed by atoms with Crippen LogP contribution < -0.4 is 0 Å². The molecule has 1 N–H and O–H groups in total. The molecule has 0 unspecified atom stereocenters. The summed E-state index contributed by atoms with van der Waals surface area (Å²) >= 11 is 0. The first-order valence-electron chi connectivity index (χ1n) is 8.43. The van der Waals surface area contributed by atoms with Crippen molar-refractivity contribution in [3.8, 4) is 17.1 Å². The third-order valence-electron chi connectivity index (χ3n) is 4.47. The summed E-state index contributed by atoms with van der Waals surface area (Å²) in [4.78, 5) is 11.5. The molecule has 0 radical (unpaired) electrons. The SMILES string of the molecule is O=C(O)c1cc(-n2ccc(-c3ccco3)n2)cc(S(=O)(=O)N2CCCC2)c1. The molecule has 1 aromatic carbocycles. The molecule has 0 aliphatic carbocycles. The molecular formula is C18H17N3O5S. The largest absolute Gasteiger partial charge is 0.478 e. The van der Waals surface area contributed by atoms with Crippen LogP contribution in [0.4, 0.5) is 0 Å². The number of furan rings is 1. The van der Waals surface area contributed by atoms with Crippen molar-refractivity contribution in [2.75, 3.05) is 13.1 Å². The van der Waals surface area contributed by atoms with Crippen molar-refractivity contribution in [1.82, 2.24) is 14.1 Å². The van der Waals surface area contributed by atoms with Crippen LogP contribution in [0.5, 0.6) is 0 Å². The predicted molar refractivity (Wildman–Crippen MR) is 96.2 cm³/mol. The summed E-state index contributed by atoms with van der Waals surface area (Å²) in [5.41, 5.74) is 0.801. The number of hydrogen-bond acceptors (Lipinski definition) is 5. The summed E-state index contributed by atoms with van der Waals surface area (Å²) < 4.78 is 33.9. The molecule has 3 aromatic rings. The molecule has 0 atom stereocenters. The Morgan fingerprint density at radius 1 is 1.15 bits per heavy atom. The Labute approximate surface area is 155 Å². The third-order valence-corrected chi connectivity index (χ3v) is 6.34. The van der Waals surface area contributed by atoms with Crippen molar-refractivity contribution in [2.45, 2.75) is 17.7 Å². The van der Waals surface area contributed by atoms with E-state index in [-0.39, 0.29) is 10.5 Å². The molecular weight excluding hydrogens is 370 g/mol. The van der Waals surface area contributed by atoms with Gasteiger partial charge in [-0.25, -0.2) is 17.9 Å². The van der Waals surface area contributed by atoms with Gasteiger partial charge in [-0.3, -0.25) is 0 Å². The average Bonchev–Trinajstić information content (AvgIpc) is 3.43. The van der Waals surface area contributed by atoms with Crippen molar-refractivity contribution >= 4 is 16.0 Å². The fourth-order valence-corrected chi connectivity index (χ4v) is 4.67. The average molecular weight is 387 g/mol. The Morgan fingerprint density at radius 2 is 1.93 bits per heavy atom. The fourth-order valence-electron chi connectivity index (χ4n) is 3.09. The van der Waals surface area contributed by atoms with E-state index in [1.165, 1.54) is 33.4 Å². The highest BCUT2D eigenvalue weighted by Crippen LogP contribution is 2.25. The zero-order chi connectivity index (χ0) is 19.0. The highest BCUT2D eigenvalue weighted by Gasteiger charge is 2.28. The number of rotatable bonds is 5. The summed E-state index contributed by atoms with van der Waals surface area (Å²) in [7, 11) is -3.75. The summed E-state index contributed by atoms with van der Waals surface area (Å²) in [6.07, 6.45) is 4.76. The van der Waals surface area contributed by atoms with Gasteiger partial charge < -0.3 is 9.52 Å². The standard InChI is InChI=1S/C18H17N3O5S/c22-18(23)13-10-14(21-8-5-16(19-21)17-4-3-9-26-17)12-15(11-13)27(24,25)20-6-1-2-7-20/h3-5,8-12H,1-2,6-7H2,(H,22,23). The maximum Gasteiger partial charge on any atom is 0.335 e. The van der Waals surface area contributed by atoms with E-state index in [4.69, 9.17) is 4.42 Å². The van der Waals surface area contributed by atoms with Crippen LogP contribution in [-0.4, -0.2) is 46.7 Å². The Kier molecular flexibility index (Phi) is 4.33. The molecule has 4 rings (SSSR count). The van der Waals surface area contributed by atoms with Crippen LogP contribution in [0.25, 0.3) is 17.1 Å². The summed E-state index contributed by atoms with van der Waals surface area (Å²) in [5.74, 6) is -0.638. The normalized spacial score (nSPS) is 15.3. The molecule has 0 saturated carbocycles. The lowest BCUT2D eigenvalue weighted by Gasteiger charge is -2.16. The fraction of sp³-hybridized carbons (Fsp3) is 0.222. The Morgan fingerprint density at radius 3 is 2.59 bits per heavy atom. The maximum absolute atomic E-state index is 12.9. The van der Waals surface area contributed by atoms with Crippen LogP contribution >= 0.6 is 0 Å². The van der Waals surface area contributed by atoms with Gasteiger partial charge in [0.2, 0.25) is 10.0 Å². The number of nitrogens with zero attached hydrogens (tertiary/aromatic N) is 3. The van der Waals surface area contributed by atoms with E-state index in [1.54, 1.807) is 24.4 Å². The monoisotopic (exact) mass is 387 g/mol. The molecule has 0 bridgehead atoms. The zero-order valence-corrected chi connectivity index (χ0v) is 15.1. The molecule has 3 heterocycles. The minimum Gasteiger partial charge on any atom is -0.478 e. The van der Waals surface area contributed by atoms with Crippen LogP contribution in [0.15, 0.2) is 58.2 Å². The minimum absolute atomic E-state index is 0.0469. The summed E-state index contributed by atoms with van der Waals surface area (Å²) in [6, 6.07) is 9.23. The number of aromatic nitrogens is 2. The van der Waals surface area contributed by atoms with E-state index in [1.807, 2.05) is 0 Å². The Balaban J connectivity index is 1.79. The quantitative estimate of drug-likeness (QED) is 0.721. The van der Waals surface area contributed by atoms with Gasteiger partial charge >= 0.3 is 5.97 Å². The van der Waals surface area contributed by atoms with Crippen molar-refractivity contribution < 1.29 is 22.7 Å². The number of benzene rings is 1. The van der Waals surface area contributed by atoms with Crippen LogP contribution in [0, 0.1) is 0 Å². The molecule has 1 aliphatic heterocycles. The van der Waals surface area contributed by atoms with Gasteiger partial charge in [0.1, 0.15) is 5.69 Å². The molecule has 8 nitrogen and oxygen atoms in total. The first-order valence-corrected chi connectivity index (χ1v) is 9.87. The molecule has 140 valence electrons. The molecule has 2 aromatic heterocycles. The molecule has 0 amide bonds. The van der Waals surface area contributed by atoms with Crippen LogP contribution in [0.2, 0.25) is 0 Å². The van der Waals surface area contributed by atoms with E-state index in [2.05, 4.69) is 5.10 Å². The van der Waals surface area contributed by atoms with Gasteiger partial charge in [-0.05, 0) is 49.2 Å². The van der Waals surface area contributed by atoms with Gasteiger partial charge in [-0.1, -0.05) is 0 Å². The van der Waals surface area contributed by atoms with Crippen LogP contribution in [0.1, 0.15) is 23.2 Å². The highest BCUT2D eigenvalue weighted by molar-refractivity contribution is 7.89. The van der Waals surface area contributed by atoms with Crippen molar-refractivity contribution in [2.24, 2.45) is 0 Å². The Bertz CT molecular complexity index is 1080. The van der Waals surface area contributed by atoms with Gasteiger partial charge in [0, 0.05) is 19.3 Å². The van der Waals surface area contributed by atoms with E-state index in [0.717, 1.165) is 12.8 Å². The topological polar surface area (TPSA) is 106 Å². The second kappa shape index (κ2) is 6.67. The first kappa shape index (κ1) is 17.5. The summed E-state index contributed by atoms with van der Waals surface area (Å²) in [5, 5.41) is 13.8. The number of carbonyl (C=O) groups is 1. The van der Waals surface area contributed by atoms with Crippen molar-refractivity contribution in [1.29, 1.82) is 0 Å². The highest BCUT2D eigenvalue weighted by atomic mass is 32.2. The molecule has 27 heavy (non-hydrogen) atoms. The molecule has 1 aliphatic rings. The van der Waals surface area contributed by atoms with E-state index in [9.17, 15) is 18.3 Å². The molecule has 1 saturated heterocycles. The minimum atomic E-state index is -3.75. The zero-order valence-electron chi connectivity index (χ0n) is 14.3. The third kappa shape index (κ3) is 3.26. The molecule has 1 fully saturated rings. The van der Waals surface area contributed by atoms with Crippen LogP contribution in [-0.2, 0) is 10.0 Å². The maximum atomic E-state index is 12.9. The van der Waals surface area contributed by atoms with E-state index < -0.39 is 16.0 Å². The number of carboxylic acids is 1. The number of carboxylic acid groups (broad SMARTS) is 1. The second-order valence-electron chi connectivity index (χ2n) is 6.25. The van der Waals surface area contributed by atoms with E-state index >= 15 is 0 Å². The van der Waals surface area contributed by atoms with Gasteiger partial charge in [-0.15, -0.1) is 0 Å². The predicted octanol–water partition coefficient (Wildman–Crippen LogP) is 2.62. The van der Waals surface area contributed by atoms with Gasteiger partial charge in [0.05, 0.1) is 22.4 Å².